The van der Waals surface area contributed by atoms with Gasteiger partial charge in [0.2, 0.25) is 0 Å². The van der Waals surface area contributed by atoms with Crippen molar-refractivity contribution >= 4 is 0 Å². The van der Waals surface area contributed by atoms with Crippen LogP contribution in [0.5, 0.6) is 0 Å². The third kappa shape index (κ3) is 2.03. The van der Waals surface area contributed by atoms with E-state index in [0.717, 1.165) is 30.3 Å². The maximum Gasteiger partial charge on any atom is 0.0685 e. The quantitative estimate of drug-likeness (QED) is 0.651. The molecular weight excluding hydrogens is 196 g/mol. The summed E-state index contributed by atoms with van der Waals surface area (Å²) in [6.45, 7) is 5.85. The van der Waals surface area contributed by atoms with E-state index in [-0.39, 0.29) is 0 Å². The third-order valence-electron chi connectivity index (χ3n) is 5.43. The van der Waals surface area contributed by atoms with Crippen molar-refractivity contribution in [2.45, 2.75) is 64.4 Å². The number of hydrogen-bond acceptors (Lipinski definition) is 1. The molecule has 3 fully saturated rings. The molecule has 0 N–H and O–H groups in total. The second-order valence-corrected chi connectivity index (χ2v) is 6.89. The van der Waals surface area contributed by atoms with Crippen LogP contribution in [-0.2, 0) is 4.74 Å². The lowest BCUT2D eigenvalue weighted by molar-refractivity contribution is -0.0911. The smallest absolute Gasteiger partial charge is 0.0685 e. The Kier molecular flexibility index (Phi) is 2.78. The Bertz CT molecular complexity index is 246. The topological polar surface area (TPSA) is 9.23 Å². The van der Waals surface area contributed by atoms with Gasteiger partial charge in [0.1, 0.15) is 0 Å². The van der Waals surface area contributed by atoms with Crippen molar-refractivity contribution in [2.75, 3.05) is 6.61 Å². The van der Waals surface area contributed by atoms with Crippen LogP contribution in [0.3, 0.4) is 0 Å². The second-order valence-electron chi connectivity index (χ2n) is 6.89. The van der Waals surface area contributed by atoms with Crippen LogP contribution in [0, 0.1) is 23.7 Å². The molecule has 3 aliphatic rings. The first-order valence-electron chi connectivity index (χ1n) is 7.32. The van der Waals surface area contributed by atoms with E-state index in [1.807, 2.05) is 0 Å². The van der Waals surface area contributed by atoms with Crippen molar-refractivity contribution in [3.05, 3.63) is 0 Å². The fourth-order valence-electron chi connectivity index (χ4n) is 3.97. The number of hydrogen-bond donors (Lipinski definition) is 0. The summed E-state index contributed by atoms with van der Waals surface area (Å²) in [5.74, 6) is 3.75. The first kappa shape index (κ1) is 11.1. The molecule has 16 heavy (non-hydrogen) atoms. The van der Waals surface area contributed by atoms with Crippen molar-refractivity contribution < 1.29 is 4.74 Å². The number of fused-ring (bicyclic) bond motifs is 1. The Hall–Kier alpha value is -0.0400. The monoisotopic (exact) mass is 222 g/mol. The molecule has 0 amide bonds. The first-order chi connectivity index (χ1) is 7.69. The van der Waals surface area contributed by atoms with Gasteiger partial charge in [-0.1, -0.05) is 20.3 Å². The molecule has 4 atom stereocenters. The van der Waals surface area contributed by atoms with Crippen molar-refractivity contribution in [3.8, 4) is 0 Å². The summed E-state index contributed by atoms with van der Waals surface area (Å²) in [6, 6.07) is 0. The first-order valence-corrected chi connectivity index (χ1v) is 7.32. The minimum Gasteiger partial charge on any atom is -0.375 e. The molecule has 1 heterocycles. The Morgan fingerprint density at radius 2 is 2.00 bits per heavy atom. The Morgan fingerprint density at radius 1 is 1.12 bits per heavy atom. The highest BCUT2D eigenvalue weighted by Gasteiger charge is 2.46. The Balaban J connectivity index is 1.66. The van der Waals surface area contributed by atoms with E-state index in [1.165, 1.54) is 44.9 Å². The van der Waals surface area contributed by atoms with Crippen LogP contribution in [0.15, 0.2) is 0 Å². The molecule has 1 saturated heterocycles. The molecule has 0 radical (unpaired) electrons. The van der Waals surface area contributed by atoms with E-state index in [0.29, 0.717) is 5.60 Å². The Labute approximate surface area is 99.9 Å². The van der Waals surface area contributed by atoms with Crippen molar-refractivity contribution in [2.24, 2.45) is 23.7 Å². The molecule has 1 spiro atoms. The summed E-state index contributed by atoms with van der Waals surface area (Å²) < 4.78 is 6.37. The van der Waals surface area contributed by atoms with Gasteiger partial charge in [-0.3, -0.25) is 0 Å². The Morgan fingerprint density at radius 3 is 2.81 bits per heavy atom. The fourth-order valence-corrected chi connectivity index (χ4v) is 3.97. The number of ether oxygens (including phenoxy) is 1. The summed E-state index contributed by atoms with van der Waals surface area (Å²) in [4.78, 5) is 0. The molecule has 0 unspecified atom stereocenters. The van der Waals surface area contributed by atoms with Gasteiger partial charge in [0, 0.05) is 0 Å². The van der Waals surface area contributed by atoms with Crippen LogP contribution >= 0.6 is 0 Å². The molecule has 2 saturated carbocycles. The van der Waals surface area contributed by atoms with Crippen LogP contribution in [0.2, 0.25) is 0 Å². The SMILES string of the molecule is CC(C)[C@@H]1CCC[C@]2(CC[C@H]3C[C@H]3CO2)C1. The lowest BCUT2D eigenvalue weighted by Gasteiger charge is -2.42. The average Bonchev–Trinajstić information content (AvgIpc) is 3.03. The summed E-state index contributed by atoms with van der Waals surface area (Å²) in [6.07, 6.45) is 9.81. The van der Waals surface area contributed by atoms with Gasteiger partial charge < -0.3 is 4.74 Å². The molecule has 0 aromatic carbocycles. The van der Waals surface area contributed by atoms with Crippen LogP contribution < -0.4 is 0 Å². The largest absolute Gasteiger partial charge is 0.375 e. The van der Waals surface area contributed by atoms with Gasteiger partial charge in [-0.25, -0.2) is 0 Å². The molecule has 0 aromatic rings. The maximum atomic E-state index is 6.37. The lowest BCUT2D eigenvalue weighted by Crippen LogP contribution is -2.39. The molecule has 92 valence electrons. The standard InChI is InChI=1S/C15H26O/c1-11(2)13-4-3-6-15(9-13)7-5-12-8-14(12)10-16-15/h11-14H,3-10H2,1-2H3/t12-,13+,14-,15-/m0/s1. The predicted octanol–water partition coefficient (Wildman–Crippen LogP) is 4.02. The summed E-state index contributed by atoms with van der Waals surface area (Å²) in [5, 5.41) is 0. The van der Waals surface area contributed by atoms with Gasteiger partial charge in [0.25, 0.3) is 0 Å². The zero-order valence-corrected chi connectivity index (χ0v) is 10.9. The maximum absolute atomic E-state index is 6.37. The predicted molar refractivity (Wildman–Crippen MR) is 66.3 cm³/mol. The molecule has 0 aromatic heterocycles. The third-order valence-corrected chi connectivity index (χ3v) is 5.43. The highest BCUT2D eigenvalue weighted by molar-refractivity contribution is 4.97. The van der Waals surface area contributed by atoms with Gasteiger partial charge in [-0.15, -0.1) is 0 Å². The van der Waals surface area contributed by atoms with Crippen LogP contribution in [0.1, 0.15) is 58.8 Å². The highest BCUT2D eigenvalue weighted by atomic mass is 16.5. The van der Waals surface area contributed by atoms with Gasteiger partial charge in [0.15, 0.2) is 0 Å². The molecule has 1 nitrogen and oxygen atoms in total. The minimum atomic E-state index is 0.306. The molecular formula is C15H26O. The van der Waals surface area contributed by atoms with E-state index in [9.17, 15) is 0 Å². The van der Waals surface area contributed by atoms with Crippen LogP contribution in [0.25, 0.3) is 0 Å². The summed E-state index contributed by atoms with van der Waals surface area (Å²) in [7, 11) is 0. The lowest BCUT2D eigenvalue weighted by atomic mass is 9.71. The molecule has 2 aliphatic carbocycles. The van der Waals surface area contributed by atoms with Crippen LogP contribution in [0.4, 0.5) is 0 Å². The van der Waals surface area contributed by atoms with E-state index < -0.39 is 0 Å². The van der Waals surface area contributed by atoms with Gasteiger partial charge >= 0.3 is 0 Å². The molecule has 1 heteroatoms. The van der Waals surface area contributed by atoms with Crippen molar-refractivity contribution in [3.63, 3.8) is 0 Å². The number of rotatable bonds is 1. The van der Waals surface area contributed by atoms with Gasteiger partial charge in [-0.2, -0.15) is 0 Å². The van der Waals surface area contributed by atoms with Crippen LogP contribution in [-0.4, -0.2) is 12.2 Å². The zero-order valence-electron chi connectivity index (χ0n) is 10.9. The van der Waals surface area contributed by atoms with Crippen molar-refractivity contribution in [1.82, 2.24) is 0 Å². The molecule has 3 rings (SSSR count). The van der Waals surface area contributed by atoms with Gasteiger partial charge in [0.05, 0.1) is 12.2 Å². The fraction of sp³-hybridized carbons (Fsp3) is 1.00. The van der Waals surface area contributed by atoms with E-state index in [1.54, 1.807) is 0 Å². The summed E-state index contributed by atoms with van der Waals surface area (Å²) in [5.41, 5.74) is 0.306. The minimum absolute atomic E-state index is 0.306. The summed E-state index contributed by atoms with van der Waals surface area (Å²) >= 11 is 0. The molecule has 1 aliphatic heterocycles. The van der Waals surface area contributed by atoms with E-state index >= 15 is 0 Å². The second kappa shape index (κ2) is 4.01. The average molecular weight is 222 g/mol. The molecule has 0 bridgehead atoms. The highest BCUT2D eigenvalue weighted by Crippen LogP contribution is 2.51. The van der Waals surface area contributed by atoms with Gasteiger partial charge in [-0.05, 0) is 62.2 Å². The normalized spacial score (nSPS) is 47.8. The van der Waals surface area contributed by atoms with E-state index in [2.05, 4.69) is 13.8 Å². The zero-order chi connectivity index (χ0) is 11.2. The van der Waals surface area contributed by atoms with E-state index in [4.69, 9.17) is 4.74 Å². The van der Waals surface area contributed by atoms with Crippen molar-refractivity contribution in [1.29, 1.82) is 0 Å².